The summed E-state index contributed by atoms with van der Waals surface area (Å²) in [6.07, 6.45) is 4.32. The van der Waals surface area contributed by atoms with Crippen molar-refractivity contribution in [3.05, 3.63) is 63.8 Å². The molecule has 1 N–H and O–H groups in total. The zero-order valence-corrected chi connectivity index (χ0v) is 33.2. The van der Waals surface area contributed by atoms with Gasteiger partial charge in [-0.05, 0) is 61.6 Å². The molecule has 1 unspecified atom stereocenters. The first-order valence-electron chi connectivity index (χ1n) is 18.5. The molecule has 4 aliphatic rings. The minimum Gasteiger partial charge on any atom is -0.493 e. The Hall–Kier alpha value is -5.27. The summed E-state index contributed by atoms with van der Waals surface area (Å²) < 4.78 is 29.1. The van der Waals surface area contributed by atoms with E-state index in [0.29, 0.717) is 55.1 Å². The van der Waals surface area contributed by atoms with E-state index in [-0.39, 0.29) is 76.4 Å². The predicted octanol–water partition coefficient (Wildman–Crippen LogP) is 5.88. The zero-order chi connectivity index (χ0) is 40.2. The highest BCUT2D eigenvalue weighted by atomic mass is 33.1. The first kappa shape index (κ1) is 39.9. The van der Waals surface area contributed by atoms with Crippen LogP contribution in [0.25, 0.3) is 0 Å². The lowest BCUT2D eigenvalue weighted by molar-refractivity contribution is -0.388. The summed E-state index contributed by atoms with van der Waals surface area (Å²) >= 11 is 0. The number of methoxy groups -OCH3 is 2. The SMILES string of the molecule is COc1cc2c(cc1OCCCOc1cc3c(cc1OC)C(=O)N1CCC[C@H]1C(O)N3C(=O)OC[C@@H](C)SSc1ncccc1[N+](=O)[O-])N=C[C@@H]1CCCN1C2=O. The van der Waals surface area contributed by atoms with E-state index in [1.807, 2.05) is 11.1 Å². The minimum atomic E-state index is -1.42. The van der Waals surface area contributed by atoms with Crippen LogP contribution in [0, 0.1) is 10.1 Å². The second kappa shape index (κ2) is 17.5. The standard InChI is InChI=1S/C38H42N6O11S2/c1-22(56-57-34-27(44(49)50)9-4-11-39-34)21-55-38(48)43-29-19-33(31(52-3)17-25(29)36(46)42-13-6-10-28(42)37(43)47)54-15-7-14-53-32-18-26-24(16-30(32)51-2)35(45)41-12-5-8-23(41)20-40-26/h4,9,11,16-20,22-23,28,37,47H,5-8,10,12-15,21H2,1-3H3/t22-,23+,28+,37?/m1/s1. The van der Waals surface area contributed by atoms with Crippen LogP contribution in [-0.4, -0.2) is 120 Å². The van der Waals surface area contributed by atoms with E-state index in [1.54, 1.807) is 24.0 Å². The summed E-state index contributed by atoms with van der Waals surface area (Å²) in [4.78, 5) is 65.0. The molecule has 2 aromatic carbocycles. The molecule has 1 aromatic heterocycles. The number of amides is 3. The summed E-state index contributed by atoms with van der Waals surface area (Å²) in [5.74, 6) is 0.867. The van der Waals surface area contributed by atoms with E-state index in [2.05, 4.69) is 9.98 Å². The molecule has 5 heterocycles. The number of nitro groups is 1. The van der Waals surface area contributed by atoms with Gasteiger partial charge in [0.05, 0.1) is 66.9 Å². The maximum absolute atomic E-state index is 13.9. The van der Waals surface area contributed by atoms with Gasteiger partial charge in [-0.1, -0.05) is 10.8 Å². The summed E-state index contributed by atoms with van der Waals surface area (Å²) in [6, 6.07) is 8.51. The molecule has 2 saturated heterocycles. The third-order valence-electron chi connectivity index (χ3n) is 10.1. The van der Waals surface area contributed by atoms with E-state index in [9.17, 15) is 29.6 Å². The number of pyridine rings is 1. The lowest BCUT2D eigenvalue weighted by Gasteiger charge is -2.32. The average Bonchev–Trinajstić information content (AvgIpc) is 3.87. The van der Waals surface area contributed by atoms with Gasteiger partial charge in [-0.2, -0.15) is 0 Å². The number of fused-ring (bicyclic) bond motifs is 4. The van der Waals surface area contributed by atoms with Crippen LogP contribution in [-0.2, 0) is 4.74 Å². The number of benzene rings is 2. The second-order valence-corrected chi connectivity index (χ2v) is 16.3. The number of carbonyl (C=O) groups excluding carboxylic acids is 3. The van der Waals surface area contributed by atoms with Gasteiger partial charge in [0.25, 0.3) is 11.8 Å². The summed E-state index contributed by atoms with van der Waals surface area (Å²) in [5.41, 5.74) is 1.08. The number of aliphatic hydroxyl groups is 1. The lowest BCUT2D eigenvalue weighted by atomic mass is 10.1. The van der Waals surface area contributed by atoms with Crippen LogP contribution in [0.3, 0.4) is 0 Å². The van der Waals surface area contributed by atoms with Crippen LogP contribution in [0.2, 0.25) is 0 Å². The number of hydrogen-bond donors (Lipinski definition) is 1. The van der Waals surface area contributed by atoms with E-state index in [1.165, 1.54) is 55.5 Å². The van der Waals surface area contributed by atoms with Gasteiger partial charge < -0.3 is 38.6 Å². The molecule has 3 amide bonds. The van der Waals surface area contributed by atoms with Crippen molar-refractivity contribution >= 4 is 62.8 Å². The first-order chi connectivity index (χ1) is 27.6. The Labute approximate surface area is 336 Å². The topological polar surface area (TPSA) is 196 Å². The predicted molar refractivity (Wildman–Crippen MR) is 211 cm³/mol. The van der Waals surface area contributed by atoms with Crippen molar-refractivity contribution in [3.8, 4) is 23.0 Å². The Kier molecular flexibility index (Phi) is 12.2. The molecule has 302 valence electrons. The number of rotatable bonds is 14. The van der Waals surface area contributed by atoms with Crippen LogP contribution in [0.1, 0.15) is 59.7 Å². The van der Waals surface area contributed by atoms with Crippen molar-refractivity contribution in [2.75, 3.05) is 52.0 Å². The number of ether oxygens (including phenoxy) is 5. The normalized spacial score (nSPS) is 20.1. The highest BCUT2D eigenvalue weighted by Gasteiger charge is 2.45. The largest absolute Gasteiger partial charge is 0.493 e. The van der Waals surface area contributed by atoms with Gasteiger partial charge in [0, 0.05) is 55.4 Å². The first-order valence-corrected chi connectivity index (χ1v) is 20.7. The molecule has 7 rings (SSSR count). The molecule has 57 heavy (non-hydrogen) atoms. The Morgan fingerprint density at radius 1 is 0.982 bits per heavy atom. The fourth-order valence-corrected chi connectivity index (χ4v) is 9.29. The van der Waals surface area contributed by atoms with Crippen molar-refractivity contribution in [3.63, 3.8) is 0 Å². The number of hydrogen-bond acceptors (Lipinski definition) is 15. The van der Waals surface area contributed by atoms with Crippen LogP contribution in [0.5, 0.6) is 23.0 Å². The Morgan fingerprint density at radius 2 is 1.67 bits per heavy atom. The Balaban J connectivity index is 1.03. The zero-order valence-electron chi connectivity index (χ0n) is 31.5. The molecule has 17 nitrogen and oxygen atoms in total. The van der Waals surface area contributed by atoms with Crippen molar-refractivity contribution < 1.29 is 48.1 Å². The number of anilines is 1. The Morgan fingerprint density at radius 3 is 2.40 bits per heavy atom. The third-order valence-corrected chi connectivity index (χ3v) is 12.9. The molecular formula is C38H42N6O11S2. The number of nitrogens with zero attached hydrogens (tertiary/aromatic N) is 6. The number of aliphatic imine (C=N–C) groups is 1. The maximum Gasteiger partial charge on any atom is 0.416 e. The van der Waals surface area contributed by atoms with Gasteiger partial charge >= 0.3 is 11.8 Å². The van der Waals surface area contributed by atoms with Gasteiger partial charge in [0.1, 0.15) is 6.61 Å². The van der Waals surface area contributed by atoms with Gasteiger partial charge in [0.15, 0.2) is 34.3 Å². The minimum absolute atomic E-state index is 0.0245. The number of aromatic nitrogens is 1. The highest BCUT2D eigenvalue weighted by molar-refractivity contribution is 8.77. The van der Waals surface area contributed by atoms with E-state index in [4.69, 9.17) is 23.7 Å². The molecule has 0 saturated carbocycles. The molecule has 4 aliphatic heterocycles. The van der Waals surface area contributed by atoms with Gasteiger partial charge in [-0.15, -0.1) is 0 Å². The van der Waals surface area contributed by atoms with Crippen molar-refractivity contribution in [1.29, 1.82) is 0 Å². The molecule has 0 bridgehead atoms. The van der Waals surface area contributed by atoms with Crippen LogP contribution < -0.4 is 23.8 Å². The second-order valence-electron chi connectivity index (χ2n) is 13.7. The molecule has 0 aliphatic carbocycles. The fraction of sp³-hybridized carbons (Fsp3) is 0.447. The highest BCUT2D eigenvalue weighted by Crippen LogP contribution is 2.43. The van der Waals surface area contributed by atoms with Crippen molar-refractivity contribution in [2.24, 2.45) is 4.99 Å². The number of aliphatic hydroxyl groups excluding tert-OH is 1. The molecule has 2 fully saturated rings. The summed E-state index contributed by atoms with van der Waals surface area (Å²) in [6.45, 7) is 3.13. The number of carbonyl (C=O) groups is 3. The molecular weight excluding hydrogens is 781 g/mol. The van der Waals surface area contributed by atoms with Gasteiger partial charge in [-0.25, -0.2) is 14.7 Å². The third kappa shape index (κ3) is 8.26. The molecule has 0 radical (unpaired) electrons. The van der Waals surface area contributed by atoms with Crippen LogP contribution >= 0.6 is 21.6 Å². The smallest absolute Gasteiger partial charge is 0.416 e. The van der Waals surface area contributed by atoms with E-state index in [0.717, 1.165) is 28.5 Å². The molecule has 3 aromatic rings. The Bertz CT molecular complexity index is 2070. The molecule has 4 atom stereocenters. The van der Waals surface area contributed by atoms with E-state index < -0.39 is 23.3 Å². The van der Waals surface area contributed by atoms with Crippen LogP contribution in [0.15, 0.2) is 52.6 Å². The van der Waals surface area contributed by atoms with Gasteiger partial charge in [0.2, 0.25) is 0 Å². The summed E-state index contributed by atoms with van der Waals surface area (Å²) in [7, 11) is 5.29. The lowest BCUT2D eigenvalue weighted by Crippen LogP contribution is -2.51. The van der Waals surface area contributed by atoms with Crippen molar-refractivity contribution in [1.82, 2.24) is 14.8 Å². The molecule has 0 spiro atoms. The van der Waals surface area contributed by atoms with Crippen LogP contribution in [0.4, 0.5) is 21.9 Å². The average molecular weight is 823 g/mol. The quantitative estimate of drug-likeness (QED) is 0.0876. The van der Waals surface area contributed by atoms with Gasteiger partial charge in [-0.3, -0.25) is 24.7 Å². The summed E-state index contributed by atoms with van der Waals surface area (Å²) in [5, 5.41) is 22.9. The monoisotopic (exact) mass is 822 g/mol. The fourth-order valence-electron chi connectivity index (χ4n) is 7.27. The maximum atomic E-state index is 13.9. The van der Waals surface area contributed by atoms with Crippen molar-refractivity contribution in [2.45, 2.75) is 67.6 Å². The molecule has 19 heteroatoms. The van der Waals surface area contributed by atoms with E-state index >= 15 is 0 Å².